The fourth-order valence-corrected chi connectivity index (χ4v) is 3.47. The molecule has 1 aliphatic heterocycles. The Kier molecular flexibility index (Phi) is 4.90. The summed E-state index contributed by atoms with van der Waals surface area (Å²) in [4.78, 5) is 21.5. The predicted molar refractivity (Wildman–Crippen MR) is 97.2 cm³/mol. The van der Waals surface area contributed by atoms with Gasteiger partial charge in [-0.1, -0.05) is 13.8 Å². The highest BCUT2D eigenvalue weighted by atomic mass is 16.2. The van der Waals surface area contributed by atoms with Gasteiger partial charge < -0.3 is 14.4 Å². The van der Waals surface area contributed by atoms with Crippen LogP contribution in [0.5, 0.6) is 0 Å². The van der Waals surface area contributed by atoms with Gasteiger partial charge in [0.15, 0.2) is 0 Å². The van der Waals surface area contributed by atoms with E-state index in [1.165, 1.54) is 10.9 Å². The standard InChI is InChI=1S/C19H28N4O/c1-5-14(2)17-13-23(18-6-7-20-12-16(17)18)15(3)19(24)22-10-8-21(4)9-11-22/h6-7,12-15H,5,8-11H2,1-4H3/t14?,15-/m0/s1. The van der Waals surface area contributed by atoms with Gasteiger partial charge in [0, 0.05) is 50.2 Å². The molecule has 5 nitrogen and oxygen atoms in total. The minimum Gasteiger partial charge on any atom is -0.338 e. The van der Waals surface area contributed by atoms with Gasteiger partial charge in [-0.05, 0) is 37.9 Å². The molecule has 0 bridgehead atoms. The Morgan fingerprint density at radius 1 is 1.25 bits per heavy atom. The molecule has 1 unspecified atom stereocenters. The van der Waals surface area contributed by atoms with E-state index in [0.717, 1.165) is 38.1 Å². The van der Waals surface area contributed by atoms with Crippen LogP contribution in [-0.4, -0.2) is 58.5 Å². The zero-order valence-electron chi connectivity index (χ0n) is 15.2. The Morgan fingerprint density at radius 2 is 1.96 bits per heavy atom. The first-order chi connectivity index (χ1) is 11.5. The molecule has 1 amide bonds. The lowest BCUT2D eigenvalue weighted by molar-refractivity contribution is -0.135. The number of fused-ring (bicyclic) bond motifs is 1. The van der Waals surface area contributed by atoms with Crippen molar-refractivity contribution in [3.63, 3.8) is 0 Å². The van der Waals surface area contributed by atoms with Crippen molar-refractivity contribution < 1.29 is 4.79 Å². The number of carbonyl (C=O) groups is 1. The molecule has 2 aromatic heterocycles. The van der Waals surface area contributed by atoms with Gasteiger partial charge in [-0.3, -0.25) is 9.78 Å². The number of amides is 1. The molecule has 0 spiro atoms. The number of nitrogens with zero attached hydrogens (tertiary/aromatic N) is 4. The molecule has 24 heavy (non-hydrogen) atoms. The number of hydrogen-bond donors (Lipinski definition) is 0. The van der Waals surface area contributed by atoms with Crippen LogP contribution in [0.25, 0.3) is 10.9 Å². The third kappa shape index (κ3) is 3.05. The maximum absolute atomic E-state index is 13.0. The normalized spacial score (nSPS) is 18.8. The molecule has 1 fully saturated rings. The average molecular weight is 328 g/mol. The molecule has 1 saturated heterocycles. The number of pyridine rings is 1. The minimum atomic E-state index is -0.184. The third-order valence-corrected chi connectivity index (χ3v) is 5.40. The van der Waals surface area contributed by atoms with Crippen molar-refractivity contribution in [1.82, 2.24) is 19.4 Å². The van der Waals surface area contributed by atoms with Crippen LogP contribution in [-0.2, 0) is 4.79 Å². The summed E-state index contributed by atoms with van der Waals surface area (Å²) in [5.41, 5.74) is 2.40. The summed E-state index contributed by atoms with van der Waals surface area (Å²) >= 11 is 0. The first kappa shape index (κ1) is 17.0. The van der Waals surface area contributed by atoms with Crippen molar-refractivity contribution in [1.29, 1.82) is 0 Å². The highest BCUT2D eigenvalue weighted by Crippen LogP contribution is 2.31. The summed E-state index contributed by atoms with van der Waals surface area (Å²) in [5, 5.41) is 1.17. The second kappa shape index (κ2) is 6.93. The summed E-state index contributed by atoms with van der Waals surface area (Å²) in [6.07, 6.45) is 6.99. The Bertz CT molecular complexity index is 715. The van der Waals surface area contributed by atoms with Crippen LogP contribution >= 0.6 is 0 Å². The van der Waals surface area contributed by atoms with Gasteiger partial charge in [-0.2, -0.15) is 0 Å². The SMILES string of the molecule is CCC(C)c1cn([C@@H](C)C(=O)N2CCN(C)CC2)c2ccncc12. The molecular formula is C19H28N4O. The minimum absolute atomic E-state index is 0.184. The molecule has 3 rings (SSSR count). The van der Waals surface area contributed by atoms with Gasteiger partial charge >= 0.3 is 0 Å². The topological polar surface area (TPSA) is 41.4 Å². The zero-order chi connectivity index (χ0) is 17.3. The maximum atomic E-state index is 13.0. The van der Waals surface area contributed by atoms with Crippen LogP contribution in [0.15, 0.2) is 24.7 Å². The molecule has 0 saturated carbocycles. The Hall–Kier alpha value is -1.88. The lowest BCUT2D eigenvalue weighted by Gasteiger charge is -2.34. The van der Waals surface area contributed by atoms with E-state index in [2.05, 4.69) is 41.5 Å². The van der Waals surface area contributed by atoms with E-state index in [-0.39, 0.29) is 11.9 Å². The molecule has 5 heteroatoms. The quantitative estimate of drug-likeness (QED) is 0.866. The smallest absolute Gasteiger partial charge is 0.245 e. The summed E-state index contributed by atoms with van der Waals surface area (Å²) in [5.74, 6) is 0.677. The van der Waals surface area contributed by atoms with E-state index >= 15 is 0 Å². The number of aromatic nitrogens is 2. The largest absolute Gasteiger partial charge is 0.338 e. The molecule has 1 aliphatic rings. The average Bonchev–Trinajstić information content (AvgIpc) is 3.00. The number of rotatable bonds is 4. The van der Waals surface area contributed by atoms with Crippen LogP contribution in [0.3, 0.4) is 0 Å². The second-order valence-corrected chi connectivity index (χ2v) is 7.00. The summed E-state index contributed by atoms with van der Waals surface area (Å²) < 4.78 is 2.14. The molecule has 130 valence electrons. The molecule has 3 heterocycles. The van der Waals surface area contributed by atoms with Crippen LogP contribution in [0.4, 0.5) is 0 Å². The van der Waals surface area contributed by atoms with Crippen LogP contribution in [0.1, 0.15) is 44.7 Å². The van der Waals surface area contributed by atoms with Gasteiger partial charge in [0.25, 0.3) is 0 Å². The maximum Gasteiger partial charge on any atom is 0.245 e. The fraction of sp³-hybridized carbons (Fsp3) is 0.579. The Balaban J connectivity index is 1.92. The van der Waals surface area contributed by atoms with Gasteiger partial charge in [0.2, 0.25) is 5.91 Å². The van der Waals surface area contributed by atoms with Crippen LogP contribution in [0, 0.1) is 0 Å². The number of hydrogen-bond acceptors (Lipinski definition) is 3. The van der Waals surface area contributed by atoms with Crippen molar-refractivity contribution in [3.05, 3.63) is 30.2 Å². The lowest BCUT2D eigenvalue weighted by Crippen LogP contribution is -2.48. The monoisotopic (exact) mass is 328 g/mol. The van der Waals surface area contributed by atoms with E-state index in [4.69, 9.17) is 0 Å². The van der Waals surface area contributed by atoms with Crippen molar-refractivity contribution in [2.24, 2.45) is 0 Å². The highest BCUT2D eigenvalue weighted by Gasteiger charge is 2.26. The van der Waals surface area contributed by atoms with E-state index in [9.17, 15) is 4.79 Å². The van der Waals surface area contributed by atoms with Gasteiger partial charge in [0.1, 0.15) is 6.04 Å². The van der Waals surface area contributed by atoms with Gasteiger partial charge in [-0.15, -0.1) is 0 Å². The molecule has 0 N–H and O–H groups in total. The number of carbonyl (C=O) groups excluding carboxylic acids is 1. The Labute approximate surface area is 144 Å². The number of piperazine rings is 1. The van der Waals surface area contributed by atoms with Crippen LogP contribution < -0.4 is 0 Å². The fourth-order valence-electron chi connectivity index (χ4n) is 3.47. The summed E-state index contributed by atoms with van der Waals surface area (Å²) in [6, 6.07) is 1.84. The second-order valence-electron chi connectivity index (χ2n) is 7.00. The molecular weight excluding hydrogens is 300 g/mol. The molecule has 2 atom stereocenters. The first-order valence-electron chi connectivity index (χ1n) is 8.94. The van der Waals surface area contributed by atoms with Crippen molar-refractivity contribution in [2.45, 2.75) is 39.2 Å². The lowest BCUT2D eigenvalue weighted by atomic mass is 9.99. The molecule has 2 aromatic rings. The van der Waals surface area contributed by atoms with E-state index in [1.807, 2.05) is 30.3 Å². The van der Waals surface area contributed by atoms with Crippen molar-refractivity contribution in [3.8, 4) is 0 Å². The molecule has 0 aliphatic carbocycles. The highest BCUT2D eigenvalue weighted by molar-refractivity contribution is 5.87. The first-order valence-corrected chi connectivity index (χ1v) is 8.94. The summed E-state index contributed by atoms with van der Waals surface area (Å²) in [6.45, 7) is 9.99. The van der Waals surface area contributed by atoms with E-state index in [0.29, 0.717) is 5.92 Å². The van der Waals surface area contributed by atoms with Crippen molar-refractivity contribution in [2.75, 3.05) is 33.2 Å². The van der Waals surface area contributed by atoms with Gasteiger partial charge in [-0.25, -0.2) is 0 Å². The third-order valence-electron chi connectivity index (χ3n) is 5.40. The molecule has 0 radical (unpaired) electrons. The summed E-state index contributed by atoms with van der Waals surface area (Å²) in [7, 11) is 2.11. The van der Waals surface area contributed by atoms with Crippen LogP contribution in [0.2, 0.25) is 0 Å². The van der Waals surface area contributed by atoms with E-state index in [1.54, 1.807) is 0 Å². The van der Waals surface area contributed by atoms with Gasteiger partial charge in [0.05, 0.1) is 5.52 Å². The van der Waals surface area contributed by atoms with Crippen molar-refractivity contribution >= 4 is 16.8 Å². The Morgan fingerprint density at radius 3 is 2.62 bits per heavy atom. The molecule has 0 aromatic carbocycles. The number of likely N-dealkylation sites (N-methyl/N-ethyl adjacent to an activating group) is 1. The van der Waals surface area contributed by atoms with E-state index < -0.39 is 0 Å². The predicted octanol–water partition coefficient (Wildman–Crippen LogP) is 2.88. The zero-order valence-corrected chi connectivity index (χ0v) is 15.2.